The summed E-state index contributed by atoms with van der Waals surface area (Å²) >= 11 is 2.42. The third kappa shape index (κ3) is 2.51. The topological polar surface area (TPSA) is 56.2 Å². The second-order valence-electron chi connectivity index (χ2n) is 8.84. The lowest BCUT2D eigenvalue weighted by atomic mass is 9.94. The highest BCUT2D eigenvalue weighted by molar-refractivity contribution is 14.1. The van der Waals surface area contributed by atoms with Crippen molar-refractivity contribution in [2.45, 2.75) is 31.2 Å². The molecule has 7 rings (SSSR count). The number of oxazole rings is 1. The molecule has 2 aromatic carbocycles. The minimum atomic E-state index is -0.0859. The number of nitrogens with zero attached hydrogens (tertiary/aromatic N) is 4. The van der Waals surface area contributed by atoms with Gasteiger partial charge in [-0.1, -0.05) is 24.3 Å². The summed E-state index contributed by atoms with van der Waals surface area (Å²) in [5.74, 6) is 1.57. The van der Waals surface area contributed by atoms with Gasteiger partial charge in [0.1, 0.15) is 12.0 Å². The highest BCUT2D eigenvalue weighted by Crippen LogP contribution is 2.75. The van der Waals surface area contributed by atoms with Crippen molar-refractivity contribution in [3.8, 4) is 17.1 Å². The molecule has 0 radical (unpaired) electrons. The van der Waals surface area contributed by atoms with E-state index in [0.29, 0.717) is 11.2 Å². The summed E-state index contributed by atoms with van der Waals surface area (Å²) in [7, 11) is 0. The van der Waals surface area contributed by atoms with Crippen LogP contribution in [0.4, 0.5) is 0 Å². The summed E-state index contributed by atoms with van der Waals surface area (Å²) in [4.78, 5) is 14.1. The average molecular weight is 518 g/mol. The third-order valence-electron chi connectivity index (χ3n) is 7.09. The van der Waals surface area contributed by atoms with Gasteiger partial charge in [-0.05, 0) is 77.5 Å². The molecule has 2 aromatic heterocycles. The van der Waals surface area contributed by atoms with Gasteiger partial charge in [0.15, 0.2) is 12.2 Å². The van der Waals surface area contributed by atoms with Crippen LogP contribution in [0.25, 0.3) is 17.1 Å². The van der Waals surface area contributed by atoms with Gasteiger partial charge in [0.05, 0.1) is 29.3 Å². The first-order valence-electron chi connectivity index (χ1n) is 10.6. The van der Waals surface area contributed by atoms with Crippen molar-refractivity contribution in [2.75, 3.05) is 0 Å². The maximum atomic E-state index is 5.59. The number of halogens is 1. The quantitative estimate of drug-likeness (QED) is 0.327. The minimum absolute atomic E-state index is 0.0859. The zero-order valence-corrected chi connectivity index (χ0v) is 19.1. The van der Waals surface area contributed by atoms with Gasteiger partial charge >= 0.3 is 0 Å². The zero-order chi connectivity index (χ0) is 20.7. The summed E-state index contributed by atoms with van der Waals surface area (Å²) in [6, 6.07) is 15.4. The van der Waals surface area contributed by atoms with E-state index in [-0.39, 0.29) is 6.04 Å². The Balaban J connectivity index is 1.50. The standard InChI is InChI=1S/C25H19IN4O/c1-14-24-23(21-11-27-13-31-21)28-12-30(24)20-7-6-15(25-9-16(25)10-25)8-18(20)22(29-14)17-4-2-3-5-19(17)26/h2-8,11-14,16H,9-10H2,1H3/t14-,16?,25?/m1/s1. The third-order valence-corrected chi connectivity index (χ3v) is 8.03. The molecule has 0 N–H and O–H groups in total. The summed E-state index contributed by atoms with van der Waals surface area (Å²) in [6.45, 7) is 2.13. The number of hydrogen-bond donors (Lipinski definition) is 0. The highest BCUT2D eigenvalue weighted by atomic mass is 127. The maximum absolute atomic E-state index is 5.59. The minimum Gasteiger partial charge on any atom is -0.442 e. The van der Waals surface area contributed by atoms with Crippen LogP contribution < -0.4 is 0 Å². The first kappa shape index (κ1) is 17.9. The van der Waals surface area contributed by atoms with Gasteiger partial charge in [0.2, 0.25) is 0 Å². The second kappa shape index (κ2) is 6.16. The van der Waals surface area contributed by atoms with Crippen LogP contribution in [0.1, 0.15) is 48.2 Å². The normalized spacial score (nSPS) is 25.2. The zero-order valence-electron chi connectivity index (χ0n) is 16.9. The molecule has 152 valence electrons. The van der Waals surface area contributed by atoms with Gasteiger partial charge in [0, 0.05) is 14.7 Å². The first-order valence-corrected chi connectivity index (χ1v) is 11.7. The Morgan fingerprint density at radius 2 is 1.97 bits per heavy atom. The van der Waals surface area contributed by atoms with Gasteiger partial charge in [-0.25, -0.2) is 9.97 Å². The first-order chi connectivity index (χ1) is 15.2. The Labute approximate surface area is 193 Å². The van der Waals surface area contributed by atoms with E-state index >= 15 is 0 Å². The Hall–Kier alpha value is -2.74. The van der Waals surface area contributed by atoms with E-state index in [4.69, 9.17) is 14.4 Å². The van der Waals surface area contributed by atoms with Crippen LogP contribution in [0.2, 0.25) is 0 Å². The van der Waals surface area contributed by atoms with Crippen LogP contribution in [0.15, 0.2) is 70.8 Å². The molecule has 2 aliphatic carbocycles. The van der Waals surface area contributed by atoms with Crippen LogP contribution in [-0.2, 0) is 5.41 Å². The lowest BCUT2D eigenvalue weighted by Crippen LogP contribution is -2.10. The number of benzene rings is 2. The van der Waals surface area contributed by atoms with Crippen molar-refractivity contribution in [3.63, 3.8) is 0 Å². The fraction of sp³-hybridized carbons (Fsp3) is 0.240. The Bertz CT molecular complexity index is 1380. The number of aromatic nitrogens is 3. The van der Waals surface area contributed by atoms with Crippen molar-refractivity contribution in [1.29, 1.82) is 0 Å². The van der Waals surface area contributed by atoms with Crippen LogP contribution in [0.5, 0.6) is 0 Å². The van der Waals surface area contributed by atoms with Crippen molar-refractivity contribution < 1.29 is 4.42 Å². The van der Waals surface area contributed by atoms with E-state index in [2.05, 4.69) is 81.5 Å². The van der Waals surface area contributed by atoms with Crippen LogP contribution in [0.3, 0.4) is 0 Å². The number of imidazole rings is 1. The molecule has 1 atom stereocenters. The summed E-state index contributed by atoms with van der Waals surface area (Å²) < 4.78 is 8.98. The molecule has 3 heterocycles. The van der Waals surface area contributed by atoms with Gasteiger partial charge < -0.3 is 4.42 Å². The number of rotatable bonds is 3. The number of aliphatic imine (C=N–C) groups is 1. The van der Waals surface area contributed by atoms with Crippen LogP contribution in [-0.4, -0.2) is 20.2 Å². The molecule has 5 nitrogen and oxygen atoms in total. The smallest absolute Gasteiger partial charge is 0.181 e. The van der Waals surface area contributed by atoms with Crippen molar-refractivity contribution in [3.05, 3.63) is 87.3 Å². The molecular weight excluding hydrogens is 499 g/mol. The molecule has 0 unspecified atom stereocenters. The van der Waals surface area contributed by atoms with E-state index in [1.165, 1.54) is 39.5 Å². The van der Waals surface area contributed by atoms with Crippen molar-refractivity contribution in [2.24, 2.45) is 10.9 Å². The van der Waals surface area contributed by atoms with E-state index in [1.54, 1.807) is 6.20 Å². The average Bonchev–Trinajstić information content (AvgIpc) is 3.48. The van der Waals surface area contributed by atoms with Gasteiger partial charge in [0.25, 0.3) is 0 Å². The van der Waals surface area contributed by atoms with E-state index in [0.717, 1.165) is 28.7 Å². The van der Waals surface area contributed by atoms with E-state index in [9.17, 15) is 0 Å². The molecule has 0 amide bonds. The molecule has 6 heteroatoms. The summed E-state index contributed by atoms with van der Waals surface area (Å²) in [5.41, 5.74) is 8.27. The molecule has 31 heavy (non-hydrogen) atoms. The molecule has 0 saturated heterocycles. The fourth-order valence-electron chi connectivity index (χ4n) is 5.08. The van der Waals surface area contributed by atoms with Gasteiger partial charge in [-0.2, -0.15) is 0 Å². The molecule has 3 aliphatic rings. The number of hydrogen-bond acceptors (Lipinski definition) is 4. The van der Waals surface area contributed by atoms with Gasteiger partial charge in [-0.3, -0.25) is 9.56 Å². The lowest BCUT2D eigenvalue weighted by molar-refractivity contribution is 0.568. The predicted molar refractivity (Wildman–Crippen MR) is 127 cm³/mol. The second-order valence-corrected chi connectivity index (χ2v) is 10.0. The summed E-state index contributed by atoms with van der Waals surface area (Å²) in [5, 5.41) is 0. The van der Waals surface area contributed by atoms with Crippen molar-refractivity contribution >= 4 is 28.3 Å². The van der Waals surface area contributed by atoms with Crippen molar-refractivity contribution in [1.82, 2.24) is 14.5 Å². The fourth-order valence-corrected chi connectivity index (χ4v) is 5.73. The monoisotopic (exact) mass is 518 g/mol. The Kier molecular flexibility index (Phi) is 3.55. The lowest BCUT2D eigenvalue weighted by Gasteiger charge is -2.15. The molecule has 0 bridgehead atoms. The number of fused-ring (bicyclic) bond motifs is 4. The molecule has 2 fully saturated rings. The SMILES string of the molecule is C[C@H]1N=C(c2ccccc2I)c2cc(C34CC3C4)ccc2-n2cnc(-c3cnco3)c21. The Morgan fingerprint density at radius 3 is 2.71 bits per heavy atom. The van der Waals surface area contributed by atoms with E-state index < -0.39 is 0 Å². The molecule has 2 saturated carbocycles. The predicted octanol–water partition coefficient (Wildman–Crippen LogP) is 5.71. The Morgan fingerprint density at radius 1 is 1.13 bits per heavy atom. The van der Waals surface area contributed by atoms with Crippen LogP contribution >= 0.6 is 22.6 Å². The molecule has 0 spiro atoms. The summed E-state index contributed by atoms with van der Waals surface area (Å²) in [6.07, 6.45) is 7.73. The van der Waals surface area contributed by atoms with Crippen LogP contribution in [0, 0.1) is 9.49 Å². The molecule has 1 aliphatic heterocycles. The maximum Gasteiger partial charge on any atom is 0.181 e. The highest BCUT2D eigenvalue weighted by Gasteiger charge is 2.70. The molecular formula is C25H19IN4O. The van der Waals surface area contributed by atoms with E-state index in [1.807, 2.05) is 6.33 Å². The van der Waals surface area contributed by atoms with Gasteiger partial charge in [-0.15, -0.1) is 0 Å². The largest absolute Gasteiger partial charge is 0.442 e. The molecule has 4 aromatic rings.